The van der Waals surface area contributed by atoms with Gasteiger partial charge in [0.15, 0.2) is 0 Å². The van der Waals surface area contributed by atoms with Crippen molar-refractivity contribution in [2.24, 2.45) is 11.0 Å². The van der Waals surface area contributed by atoms with Gasteiger partial charge < -0.3 is 4.90 Å². The number of amides is 1. The summed E-state index contributed by atoms with van der Waals surface area (Å²) in [5, 5.41) is 3.59. The maximum atomic E-state index is 11.9. The van der Waals surface area contributed by atoms with Gasteiger partial charge in [0.2, 0.25) is 5.91 Å². The third kappa shape index (κ3) is 2.23. The highest BCUT2D eigenvalue weighted by Crippen LogP contribution is 2.27. The SMILES string of the molecule is [N-]=[N+]=NC1CN(C(=O)C2CCCCC2)C1. The summed E-state index contributed by atoms with van der Waals surface area (Å²) in [5.41, 5.74) is 8.23. The van der Waals surface area contributed by atoms with E-state index in [9.17, 15) is 4.79 Å². The molecule has 1 amide bonds. The van der Waals surface area contributed by atoms with Gasteiger partial charge in [0.1, 0.15) is 0 Å². The maximum absolute atomic E-state index is 11.9. The zero-order valence-electron chi connectivity index (χ0n) is 8.80. The number of likely N-dealkylation sites (tertiary alicyclic amines) is 1. The van der Waals surface area contributed by atoms with Crippen LogP contribution in [-0.4, -0.2) is 29.9 Å². The highest BCUT2D eigenvalue weighted by molar-refractivity contribution is 5.79. The Balaban J connectivity index is 1.80. The molecule has 0 aromatic heterocycles. The van der Waals surface area contributed by atoms with E-state index in [1.807, 2.05) is 4.90 Å². The van der Waals surface area contributed by atoms with Crippen molar-refractivity contribution in [3.63, 3.8) is 0 Å². The van der Waals surface area contributed by atoms with E-state index < -0.39 is 0 Å². The number of hydrogen-bond donors (Lipinski definition) is 0. The minimum Gasteiger partial charge on any atom is -0.341 e. The summed E-state index contributed by atoms with van der Waals surface area (Å²) in [6, 6.07) is 0.0162. The van der Waals surface area contributed by atoms with Crippen LogP contribution >= 0.6 is 0 Å². The highest BCUT2D eigenvalue weighted by atomic mass is 16.2. The Labute approximate surface area is 89.1 Å². The van der Waals surface area contributed by atoms with E-state index in [0.29, 0.717) is 13.1 Å². The molecule has 1 saturated carbocycles. The third-order valence-corrected chi connectivity index (χ3v) is 3.34. The van der Waals surface area contributed by atoms with Gasteiger partial charge in [-0.15, -0.1) is 0 Å². The van der Waals surface area contributed by atoms with Gasteiger partial charge in [-0.1, -0.05) is 24.4 Å². The second-order valence-corrected chi connectivity index (χ2v) is 4.44. The van der Waals surface area contributed by atoms with E-state index in [4.69, 9.17) is 5.53 Å². The Morgan fingerprint density at radius 1 is 1.27 bits per heavy atom. The smallest absolute Gasteiger partial charge is 0.225 e. The second kappa shape index (κ2) is 4.53. The van der Waals surface area contributed by atoms with E-state index in [1.165, 1.54) is 19.3 Å². The van der Waals surface area contributed by atoms with E-state index in [0.717, 1.165) is 12.8 Å². The summed E-state index contributed by atoms with van der Waals surface area (Å²) in [6.07, 6.45) is 5.72. The van der Waals surface area contributed by atoms with Crippen LogP contribution in [0, 0.1) is 5.92 Å². The first kappa shape index (κ1) is 10.3. The van der Waals surface area contributed by atoms with Crippen molar-refractivity contribution in [2.45, 2.75) is 38.1 Å². The van der Waals surface area contributed by atoms with Gasteiger partial charge in [0.25, 0.3) is 0 Å². The molecule has 2 aliphatic rings. The van der Waals surface area contributed by atoms with Crippen LogP contribution in [0.2, 0.25) is 0 Å². The zero-order chi connectivity index (χ0) is 10.7. The summed E-state index contributed by atoms with van der Waals surface area (Å²) in [4.78, 5) is 16.5. The van der Waals surface area contributed by atoms with Crippen molar-refractivity contribution in [3.05, 3.63) is 10.4 Å². The molecule has 15 heavy (non-hydrogen) atoms. The van der Waals surface area contributed by atoms with Crippen molar-refractivity contribution in [1.82, 2.24) is 4.90 Å². The largest absolute Gasteiger partial charge is 0.341 e. The van der Waals surface area contributed by atoms with Crippen molar-refractivity contribution in [3.8, 4) is 0 Å². The molecule has 0 N–H and O–H groups in total. The molecule has 0 radical (unpaired) electrons. The first-order chi connectivity index (χ1) is 7.31. The lowest BCUT2D eigenvalue weighted by Crippen LogP contribution is -2.54. The molecule has 0 atom stereocenters. The quantitative estimate of drug-likeness (QED) is 0.389. The minimum absolute atomic E-state index is 0.0162. The van der Waals surface area contributed by atoms with Crippen LogP contribution in [0.5, 0.6) is 0 Å². The van der Waals surface area contributed by atoms with Crippen LogP contribution < -0.4 is 0 Å². The molecule has 0 spiro atoms. The second-order valence-electron chi connectivity index (χ2n) is 4.44. The Hall–Kier alpha value is -1.22. The van der Waals surface area contributed by atoms with Crippen LogP contribution in [0.1, 0.15) is 32.1 Å². The van der Waals surface area contributed by atoms with Gasteiger partial charge in [-0.2, -0.15) is 0 Å². The third-order valence-electron chi connectivity index (χ3n) is 3.34. The Kier molecular flexibility index (Phi) is 3.11. The molecule has 5 nitrogen and oxygen atoms in total. The van der Waals surface area contributed by atoms with Crippen LogP contribution in [0.4, 0.5) is 0 Å². The van der Waals surface area contributed by atoms with E-state index in [2.05, 4.69) is 10.0 Å². The first-order valence-electron chi connectivity index (χ1n) is 5.64. The monoisotopic (exact) mass is 208 g/mol. The molecule has 1 aliphatic carbocycles. The van der Waals surface area contributed by atoms with Crippen molar-refractivity contribution < 1.29 is 4.79 Å². The standard InChI is InChI=1S/C10H16N4O/c11-13-12-9-6-14(7-9)10(15)8-4-2-1-3-5-8/h8-9H,1-7H2. The number of rotatable bonds is 2. The lowest BCUT2D eigenvalue weighted by atomic mass is 9.87. The summed E-state index contributed by atoms with van der Waals surface area (Å²) < 4.78 is 0. The molecule has 0 aromatic rings. The van der Waals surface area contributed by atoms with Gasteiger partial charge in [0, 0.05) is 23.9 Å². The topological polar surface area (TPSA) is 69.1 Å². The molecular weight excluding hydrogens is 192 g/mol. The maximum Gasteiger partial charge on any atom is 0.225 e. The van der Waals surface area contributed by atoms with Gasteiger partial charge in [-0.3, -0.25) is 4.79 Å². The lowest BCUT2D eigenvalue weighted by Gasteiger charge is -2.39. The number of azide groups is 1. The van der Waals surface area contributed by atoms with Crippen LogP contribution in [0.3, 0.4) is 0 Å². The predicted octanol–water partition coefficient (Wildman–Crippen LogP) is 2.09. The van der Waals surface area contributed by atoms with Crippen LogP contribution in [-0.2, 0) is 4.79 Å². The summed E-state index contributed by atoms with van der Waals surface area (Å²) in [5.74, 6) is 0.518. The van der Waals surface area contributed by atoms with Crippen LogP contribution in [0.15, 0.2) is 5.11 Å². The fourth-order valence-electron chi connectivity index (χ4n) is 2.39. The normalized spacial score (nSPS) is 23.1. The number of carbonyl (C=O) groups excluding carboxylic acids is 1. The Bertz CT molecular complexity index is 286. The number of hydrogen-bond acceptors (Lipinski definition) is 2. The van der Waals surface area contributed by atoms with Crippen LogP contribution in [0.25, 0.3) is 10.4 Å². The van der Waals surface area contributed by atoms with Crippen molar-refractivity contribution in [1.29, 1.82) is 0 Å². The van der Waals surface area contributed by atoms with Gasteiger partial charge in [-0.05, 0) is 18.4 Å². The van der Waals surface area contributed by atoms with E-state index in [-0.39, 0.29) is 17.9 Å². The zero-order valence-corrected chi connectivity index (χ0v) is 8.80. The molecule has 1 saturated heterocycles. The van der Waals surface area contributed by atoms with E-state index in [1.54, 1.807) is 0 Å². The molecule has 0 unspecified atom stereocenters. The molecule has 0 bridgehead atoms. The molecule has 2 fully saturated rings. The van der Waals surface area contributed by atoms with Gasteiger partial charge in [0.05, 0.1) is 6.04 Å². The molecule has 2 rings (SSSR count). The minimum atomic E-state index is 0.0162. The summed E-state index contributed by atoms with van der Waals surface area (Å²) in [6.45, 7) is 1.25. The molecular formula is C10H16N4O. The van der Waals surface area contributed by atoms with Crippen molar-refractivity contribution in [2.75, 3.05) is 13.1 Å². The summed E-state index contributed by atoms with van der Waals surface area (Å²) >= 11 is 0. The predicted molar refractivity (Wildman–Crippen MR) is 56.1 cm³/mol. The van der Waals surface area contributed by atoms with Crippen molar-refractivity contribution >= 4 is 5.91 Å². The Morgan fingerprint density at radius 3 is 2.53 bits per heavy atom. The molecule has 82 valence electrons. The fraction of sp³-hybridized carbons (Fsp3) is 0.900. The average molecular weight is 208 g/mol. The number of nitrogens with zero attached hydrogens (tertiary/aromatic N) is 4. The van der Waals surface area contributed by atoms with Gasteiger partial charge in [-0.25, -0.2) is 0 Å². The number of carbonyl (C=O) groups is 1. The van der Waals surface area contributed by atoms with E-state index >= 15 is 0 Å². The molecule has 1 aliphatic heterocycles. The average Bonchev–Trinajstić information content (AvgIpc) is 2.23. The molecule has 5 heteroatoms. The molecule has 1 heterocycles. The highest BCUT2D eigenvalue weighted by Gasteiger charge is 2.34. The fourth-order valence-corrected chi connectivity index (χ4v) is 2.39. The first-order valence-corrected chi connectivity index (χ1v) is 5.64. The lowest BCUT2D eigenvalue weighted by molar-refractivity contribution is -0.140. The summed E-state index contributed by atoms with van der Waals surface area (Å²) in [7, 11) is 0. The van der Waals surface area contributed by atoms with Gasteiger partial charge >= 0.3 is 0 Å². The Morgan fingerprint density at radius 2 is 1.93 bits per heavy atom. The molecule has 0 aromatic carbocycles.